The smallest absolute Gasteiger partial charge is 0.120 e. The largest absolute Gasteiger partial charge is 0.489 e. The number of rotatable bonds is 4. The summed E-state index contributed by atoms with van der Waals surface area (Å²) in [5.74, 6) is 7.63. The summed E-state index contributed by atoms with van der Waals surface area (Å²) in [7, 11) is 0. The first kappa shape index (κ1) is 15.5. The average molecular weight is 299 g/mol. The van der Waals surface area contributed by atoms with Gasteiger partial charge in [-0.1, -0.05) is 41.7 Å². The van der Waals surface area contributed by atoms with Crippen molar-refractivity contribution in [2.24, 2.45) is 0 Å². The maximum Gasteiger partial charge on any atom is 0.120 e. The molecule has 0 atom stereocenters. The SMILES string of the molecule is Cc1cccc(COc2ccc(C#CCCCl)c(C)c2)c1. The van der Waals surface area contributed by atoms with Crippen LogP contribution in [0.25, 0.3) is 0 Å². The zero-order valence-electron chi connectivity index (χ0n) is 12.4. The molecule has 0 amide bonds. The Labute approximate surface area is 131 Å². The van der Waals surface area contributed by atoms with Crippen LogP contribution in [0.3, 0.4) is 0 Å². The predicted octanol–water partition coefficient (Wildman–Crippen LogP) is 4.86. The predicted molar refractivity (Wildman–Crippen MR) is 88.9 cm³/mol. The Hall–Kier alpha value is -1.91. The van der Waals surface area contributed by atoms with Gasteiger partial charge in [-0.15, -0.1) is 11.6 Å². The Morgan fingerprint density at radius 1 is 1.10 bits per heavy atom. The molecule has 2 rings (SSSR count). The Kier molecular flexibility index (Phi) is 5.72. The van der Waals surface area contributed by atoms with Crippen LogP contribution in [-0.4, -0.2) is 5.88 Å². The van der Waals surface area contributed by atoms with Gasteiger partial charge in [-0.3, -0.25) is 0 Å². The van der Waals surface area contributed by atoms with E-state index < -0.39 is 0 Å². The van der Waals surface area contributed by atoms with Crippen molar-refractivity contribution in [1.82, 2.24) is 0 Å². The Morgan fingerprint density at radius 3 is 2.67 bits per heavy atom. The van der Waals surface area contributed by atoms with Crippen LogP contribution in [0.4, 0.5) is 0 Å². The van der Waals surface area contributed by atoms with Crippen molar-refractivity contribution in [2.75, 3.05) is 5.88 Å². The zero-order chi connectivity index (χ0) is 15.1. The third-order valence-electron chi connectivity index (χ3n) is 3.13. The molecule has 2 aromatic carbocycles. The number of ether oxygens (including phenoxy) is 1. The minimum Gasteiger partial charge on any atom is -0.489 e. The number of benzene rings is 2. The summed E-state index contributed by atoms with van der Waals surface area (Å²) in [5.41, 5.74) is 4.58. The van der Waals surface area contributed by atoms with E-state index in [2.05, 4.69) is 43.0 Å². The van der Waals surface area contributed by atoms with E-state index in [0.29, 0.717) is 18.9 Å². The summed E-state index contributed by atoms with van der Waals surface area (Å²) in [6.45, 7) is 4.71. The second kappa shape index (κ2) is 7.76. The summed E-state index contributed by atoms with van der Waals surface area (Å²) in [5, 5.41) is 0. The molecule has 108 valence electrons. The minimum atomic E-state index is 0.573. The topological polar surface area (TPSA) is 9.23 Å². The molecule has 0 bridgehead atoms. The monoisotopic (exact) mass is 298 g/mol. The molecule has 0 aliphatic heterocycles. The first-order valence-corrected chi connectivity index (χ1v) is 7.56. The summed E-state index contributed by atoms with van der Waals surface area (Å²) >= 11 is 5.62. The summed E-state index contributed by atoms with van der Waals surface area (Å²) in [4.78, 5) is 0. The summed E-state index contributed by atoms with van der Waals surface area (Å²) in [6.07, 6.45) is 0.715. The molecule has 2 heteroatoms. The molecule has 0 unspecified atom stereocenters. The van der Waals surface area contributed by atoms with E-state index in [9.17, 15) is 0 Å². The first-order valence-electron chi connectivity index (χ1n) is 7.03. The standard InChI is InChI=1S/C19H19ClO/c1-15-6-5-7-17(12-15)14-21-19-10-9-18(16(2)13-19)8-3-4-11-20/h5-7,9-10,12-13H,4,11,14H2,1-2H3. The van der Waals surface area contributed by atoms with Gasteiger partial charge in [0.15, 0.2) is 0 Å². The Morgan fingerprint density at radius 2 is 1.95 bits per heavy atom. The maximum atomic E-state index is 5.84. The highest BCUT2D eigenvalue weighted by Gasteiger charge is 2.00. The highest BCUT2D eigenvalue weighted by Crippen LogP contribution is 2.18. The van der Waals surface area contributed by atoms with E-state index in [0.717, 1.165) is 16.9 Å². The van der Waals surface area contributed by atoms with Crippen LogP contribution in [0.2, 0.25) is 0 Å². The lowest BCUT2D eigenvalue weighted by Gasteiger charge is -2.08. The molecule has 0 fully saturated rings. The fourth-order valence-corrected chi connectivity index (χ4v) is 2.13. The van der Waals surface area contributed by atoms with Gasteiger partial charge in [-0.05, 0) is 43.2 Å². The molecule has 0 N–H and O–H groups in total. The lowest BCUT2D eigenvalue weighted by molar-refractivity contribution is 0.306. The van der Waals surface area contributed by atoms with Gasteiger partial charge in [0.05, 0.1) is 0 Å². The third kappa shape index (κ3) is 4.85. The summed E-state index contributed by atoms with van der Waals surface area (Å²) in [6, 6.07) is 14.3. The molecule has 0 aliphatic rings. The van der Waals surface area contributed by atoms with Crippen molar-refractivity contribution >= 4 is 11.6 Å². The minimum absolute atomic E-state index is 0.573. The Balaban J connectivity index is 2.02. The van der Waals surface area contributed by atoms with Gasteiger partial charge in [0.25, 0.3) is 0 Å². The van der Waals surface area contributed by atoms with Crippen LogP contribution in [0.5, 0.6) is 5.75 Å². The molecule has 0 spiro atoms. The van der Waals surface area contributed by atoms with Gasteiger partial charge in [0.1, 0.15) is 12.4 Å². The van der Waals surface area contributed by atoms with Gasteiger partial charge in [0, 0.05) is 17.9 Å². The number of hydrogen-bond donors (Lipinski definition) is 0. The van der Waals surface area contributed by atoms with Crippen molar-refractivity contribution in [3.8, 4) is 17.6 Å². The number of alkyl halides is 1. The molecular formula is C19H19ClO. The molecule has 0 aromatic heterocycles. The van der Waals surface area contributed by atoms with Crippen molar-refractivity contribution in [3.63, 3.8) is 0 Å². The van der Waals surface area contributed by atoms with Crippen molar-refractivity contribution in [1.29, 1.82) is 0 Å². The van der Waals surface area contributed by atoms with E-state index in [1.165, 1.54) is 11.1 Å². The van der Waals surface area contributed by atoms with Gasteiger partial charge in [-0.25, -0.2) is 0 Å². The van der Waals surface area contributed by atoms with E-state index in [1.807, 2.05) is 25.1 Å². The van der Waals surface area contributed by atoms with Crippen molar-refractivity contribution in [3.05, 3.63) is 64.7 Å². The number of halogens is 1. The van der Waals surface area contributed by atoms with Crippen LogP contribution in [-0.2, 0) is 6.61 Å². The van der Waals surface area contributed by atoms with Crippen LogP contribution >= 0.6 is 11.6 Å². The van der Waals surface area contributed by atoms with Gasteiger partial charge in [-0.2, -0.15) is 0 Å². The van der Waals surface area contributed by atoms with Crippen LogP contribution in [0.1, 0.15) is 28.7 Å². The molecule has 0 saturated heterocycles. The molecule has 0 saturated carbocycles. The van der Waals surface area contributed by atoms with E-state index in [4.69, 9.17) is 16.3 Å². The third-order valence-corrected chi connectivity index (χ3v) is 3.32. The second-order valence-electron chi connectivity index (χ2n) is 5.00. The lowest BCUT2D eigenvalue weighted by atomic mass is 10.1. The second-order valence-corrected chi connectivity index (χ2v) is 5.37. The van der Waals surface area contributed by atoms with Gasteiger partial charge in [0.2, 0.25) is 0 Å². The quantitative estimate of drug-likeness (QED) is 0.578. The van der Waals surface area contributed by atoms with Crippen LogP contribution < -0.4 is 4.74 Å². The van der Waals surface area contributed by atoms with Crippen molar-refractivity contribution in [2.45, 2.75) is 26.9 Å². The van der Waals surface area contributed by atoms with E-state index >= 15 is 0 Å². The zero-order valence-corrected chi connectivity index (χ0v) is 13.2. The van der Waals surface area contributed by atoms with Crippen LogP contribution in [0, 0.1) is 25.7 Å². The average Bonchev–Trinajstić information content (AvgIpc) is 2.47. The van der Waals surface area contributed by atoms with E-state index in [1.54, 1.807) is 0 Å². The number of aryl methyl sites for hydroxylation is 2. The van der Waals surface area contributed by atoms with Gasteiger partial charge < -0.3 is 4.74 Å². The lowest BCUT2D eigenvalue weighted by Crippen LogP contribution is -1.96. The highest BCUT2D eigenvalue weighted by molar-refractivity contribution is 6.18. The summed E-state index contributed by atoms with van der Waals surface area (Å²) < 4.78 is 5.84. The molecule has 2 aromatic rings. The molecule has 0 heterocycles. The number of hydrogen-bond acceptors (Lipinski definition) is 1. The van der Waals surface area contributed by atoms with E-state index in [-0.39, 0.29) is 0 Å². The molecule has 1 nitrogen and oxygen atoms in total. The fourth-order valence-electron chi connectivity index (χ4n) is 2.04. The van der Waals surface area contributed by atoms with Gasteiger partial charge >= 0.3 is 0 Å². The van der Waals surface area contributed by atoms with Crippen molar-refractivity contribution < 1.29 is 4.74 Å². The normalized spacial score (nSPS) is 9.86. The molecule has 21 heavy (non-hydrogen) atoms. The molecular weight excluding hydrogens is 280 g/mol. The highest BCUT2D eigenvalue weighted by atomic mass is 35.5. The Bertz CT molecular complexity index is 665. The first-order chi connectivity index (χ1) is 10.2. The molecule has 0 radical (unpaired) electrons. The fraction of sp³-hybridized carbons (Fsp3) is 0.263. The maximum absolute atomic E-state index is 5.84. The molecule has 0 aliphatic carbocycles. The van der Waals surface area contributed by atoms with Crippen LogP contribution in [0.15, 0.2) is 42.5 Å².